The third-order valence-corrected chi connectivity index (χ3v) is 6.57. The van der Waals surface area contributed by atoms with E-state index >= 15 is 0 Å². The molecule has 1 aromatic heterocycles. The molecule has 1 aromatic carbocycles. The molecule has 0 radical (unpaired) electrons. The second kappa shape index (κ2) is 10.3. The number of carbonyl (C=O) groups is 2. The maximum Gasteiger partial charge on any atom is 0.290 e. The van der Waals surface area contributed by atoms with Crippen LogP contribution < -0.4 is 4.74 Å². The minimum atomic E-state index is -0.664. The molecule has 1 fully saturated rings. The SMILES string of the molecule is CCCOc1cccc([C@@H]2C(C(=O)c3cccs3)=C(O)C(=O)N2CCN2CCOCC2)c1. The smallest absolute Gasteiger partial charge is 0.290 e. The van der Waals surface area contributed by atoms with E-state index in [1.54, 1.807) is 17.0 Å². The van der Waals surface area contributed by atoms with Crippen molar-refractivity contribution in [3.63, 3.8) is 0 Å². The van der Waals surface area contributed by atoms with Crippen molar-refractivity contribution in [2.45, 2.75) is 19.4 Å². The van der Waals surface area contributed by atoms with Crippen molar-refractivity contribution in [1.82, 2.24) is 9.80 Å². The van der Waals surface area contributed by atoms with Crippen molar-refractivity contribution in [1.29, 1.82) is 0 Å². The molecular formula is C24H28N2O5S. The highest BCUT2D eigenvalue weighted by Gasteiger charge is 2.44. The molecule has 1 N–H and O–H groups in total. The zero-order valence-corrected chi connectivity index (χ0v) is 19.0. The Hall–Kier alpha value is -2.68. The van der Waals surface area contributed by atoms with Gasteiger partial charge in [0.1, 0.15) is 5.75 Å². The summed E-state index contributed by atoms with van der Waals surface area (Å²) in [6.07, 6.45) is 0.876. The molecule has 1 atom stereocenters. The van der Waals surface area contributed by atoms with Crippen molar-refractivity contribution >= 4 is 23.0 Å². The Bertz CT molecular complexity index is 982. The van der Waals surface area contributed by atoms with Crippen molar-refractivity contribution < 1.29 is 24.2 Å². The van der Waals surface area contributed by atoms with Crippen LogP contribution in [0.3, 0.4) is 0 Å². The fraction of sp³-hybridized carbons (Fsp3) is 0.417. The summed E-state index contributed by atoms with van der Waals surface area (Å²) in [4.78, 5) is 30.7. The molecule has 2 aromatic rings. The van der Waals surface area contributed by atoms with Crippen LogP contribution in [0.2, 0.25) is 0 Å². The number of benzene rings is 1. The van der Waals surface area contributed by atoms with Gasteiger partial charge in [0.25, 0.3) is 5.91 Å². The van der Waals surface area contributed by atoms with Crippen LogP contribution in [0.15, 0.2) is 53.1 Å². The van der Waals surface area contributed by atoms with Gasteiger partial charge >= 0.3 is 0 Å². The van der Waals surface area contributed by atoms with Crippen molar-refractivity contribution in [3.05, 3.63) is 63.6 Å². The molecule has 0 spiro atoms. The summed E-state index contributed by atoms with van der Waals surface area (Å²) in [5.41, 5.74) is 0.880. The average molecular weight is 457 g/mol. The number of ketones is 1. The number of aliphatic hydroxyl groups is 1. The van der Waals surface area contributed by atoms with Gasteiger partial charge < -0.3 is 19.5 Å². The topological polar surface area (TPSA) is 79.3 Å². The highest BCUT2D eigenvalue weighted by Crippen LogP contribution is 2.40. The lowest BCUT2D eigenvalue weighted by Gasteiger charge is -2.31. The molecular weight excluding hydrogens is 428 g/mol. The normalized spacial score (nSPS) is 19.6. The van der Waals surface area contributed by atoms with E-state index in [2.05, 4.69) is 4.90 Å². The van der Waals surface area contributed by atoms with Gasteiger partial charge in [-0.1, -0.05) is 25.1 Å². The zero-order chi connectivity index (χ0) is 22.5. The number of carbonyl (C=O) groups excluding carboxylic acids is 2. The van der Waals surface area contributed by atoms with E-state index in [1.807, 2.05) is 36.6 Å². The Morgan fingerprint density at radius 1 is 1.22 bits per heavy atom. The molecule has 170 valence electrons. The predicted octanol–water partition coefficient (Wildman–Crippen LogP) is 3.45. The lowest BCUT2D eigenvalue weighted by molar-refractivity contribution is -0.129. The number of aliphatic hydroxyl groups excluding tert-OH is 1. The van der Waals surface area contributed by atoms with Crippen LogP contribution in [0.25, 0.3) is 0 Å². The Kier molecular flexibility index (Phi) is 7.24. The molecule has 1 saturated heterocycles. The lowest BCUT2D eigenvalue weighted by Crippen LogP contribution is -2.43. The van der Waals surface area contributed by atoms with Crippen LogP contribution >= 0.6 is 11.3 Å². The standard InChI is InChI=1S/C24H28N2O5S/c1-2-12-31-18-6-3-5-17(16-18)21-20(22(27)19-7-4-15-32-19)23(28)24(29)26(21)9-8-25-10-13-30-14-11-25/h3-7,15-16,21,28H,2,8-14H2,1H3/t21-/m1/s1. The number of nitrogens with zero attached hydrogens (tertiary/aromatic N) is 2. The van der Waals surface area contributed by atoms with Gasteiger partial charge in [-0.15, -0.1) is 11.3 Å². The van der Waals surface area contributed by atoms with Crippen LogP contribution in [-0.2, 0) is 9.53 Å². The van der Waals surface area contributed by atoms with Gasteiger partial charge in [0.05, 0.1) is 36.3 Å². The first-order chi connectivity index (χ1) is 15.6. The molecule has 0 aliphatic carbocycles. The van der Waals surface area contributed by atoms with E-state index in [9.17, 15) is 14.7 Å². The number of amides is 1. The first kappa shape index (κ1) is 22.5. The molecule has 0 bridgehead atoms. The van der Waals surface area contributed by atoms with Gasteiger partial charge in [-0.2, -0.15) is 0 Å². The van der Waals surface area contributed by atoms with Gasteiger partial charge in [0.2, 0.25) is 5.78 Å². The molecule has 2 aliphatic heterocycles. The Balaban J connectivity index is 1.66. The maximum atomic E-state index is 13.3. The minimum absolute atomic E-state index is 0.132. The summed E-state index contributed by atoms with van der Waals surface area (Å²) >= 11 is 1.30. The molecule has 7 nitrogen and oxygen atoms in total. The van der Waals surface area contributed by atoms with Crippen LogP contribution in [0.5, 0.6) is 5.75 Å². The molecule has 32 heavy (non-hydrogen) atoms. The van der Waals surface area contributed by atoms with Gasteiger partial charge in [0.15, 0.2) is 5.76 Å². The summed E-state index contributed by atoms with van der Waals surface area (Å²) in [6.45, 7) is 6.59. The van der Waals surface area contributed by atoms with Crippen LogP contribution in [-0.4, -0.2) is 72.6 Å². The van der Waals surface area contributed by atoms with E-state index in [0.29, 0.717) is 43.5 Å². The van der Waals surface area contributed by atoms with Crippen molar-refractivity contribution in [3.8, 4) is 5.75 Å². The van der Waals surface area contributed by atoms with Gasteiger partial charge in [-0.05, 0) is 35.6 Å². The predicted molar refractivity (Wildman–Crippen MR) is 122 cm³/mol. The third-order valence-electron chi connectivity index (χ3n) is 5.70. The van der Waals surface area contributed by atoms with Gasteiger partial charge in [-0.25, -0.2) is 0 Å². The molecule has 0 saturated carbocycles. The summed E-state index contributed by atoms with van der Waals surface area (Å²) in [7, 11) is 0. The van der Waals surface area contributed by atoms with Crippen LogP contribution in [0.1, 0.15) is 34.6 Å². The zero-order valence-electron chi connectivity index (χ0n) is 18.2. The molecule has 0 unspecified atom stereocenters. The number of hydrogen-bond acceptors (Lipinski definition) is 7. The second-order valence-corrected chi connectivity index (χ2v) is 8.79. The van der Waals surface area contributed by atoms with E-state index in [-0.39, 0.29) is 11.4 Å². The first-order valence-electron chi connectivity index (χ1n) is 10.9. The lowest BCUT2D eigenvalue weighted by atomic mass is 9.95. The Labute approximate surface area is 191 Å². The van der Waals surface area contributed by atoms with E-state index in [4.69, 9.17) is 9.47 Å². The maximum absolute atomic E-state index is 13.3. The average Bonchev–Trinajstić information content (AvgIpc) is 3.44. The summed E-state index contributed by atoms with van der Waals surface area (Å²) in [5.74, 6) is -0.609. The number of morpholine rings is 1. The van der Waals surface area contributed by atoms with Crippen LogP contribution in [0.4, 0.5) is 0 Å². The molecule has 8 heteroatoms. The van der Waals surface area contributed by atoms with Crippen LogP contribution in [0, 0.1) is 0 Å². The van der Waals surface area contributed by atoms with Gasteiger partial charge in [0, 0.05) is 26.2 Å². The molecule has 3 heterocycles. The third kappa shape index (κ3) is 4.72. The highest BCUT2D eigenvalue weighted by molar-refractivity contribution is 7.12. The van der Waals surface area contributed by atoms with E-state index in [0.717, 1.165) is 25.1 Å². The van der Waals surface area contributed by atoms with E-state index < -0.39 is 17.7 Å². The number of rotatable bonds is 9. The number of Topliss-reactive ketones (excluding diaryl/α,β-unsaturated/α-hetero) is 1. The Morgan fingerprint density at radius 3 is 2.75 bits per heavy atom. The number of thiophene rings is 1. The van der Waals surface area contributed by atoms with Gasteiger partial charge in [-0.3, -0.25) is 14.5 Å². The first-order valence-corrected chi connectivity index (χ1v) is 11.8. The number of ether oxygens (including phenoxy) is 2. The fourth-order valence-electron chi connectivity index (χ4n) is 4.07. The largest absolute Gasteiger partial charge is 0.503 e. The monoisotopic (exact) mass is 456 g/mol. The Morgan fingerprint density at radius 2 is 2.03 bits per heavy atom. The van der Waals surface area contributed by atoms with E-state index in [1.165, 1.54) is 11.3 Å². The van der Waals surface area contributed by atoms with Crippen molar-refractivity contribution in [2.75, 3.05) is 46.0 Å². The summed E-state index contributed by atoms with van der Waals surface area (Å²) in [6, 6.07) is 10.3. The summed E-state index contributed by atoms with van der Waals surface area (Å²) < 4.78 is 11.2. The second-order valence-electron chi connectivity index (χ2n) is 7.84. The quantitative estimate of drug-likeness (QED) is 0.583. The van der Waals surface area contributed by atoms with Crippen molar-refractivity contribution in [2.24, 2.45) is 0 Å². The molecule has 2 aliphatic rings. The minimum Gasteiger partial charge on any atom is -0.503 e. The highest BCUT2D eigenvalue weighted by atomic mass is 32.1. The number of hydrogen-bond donors (Lipinski definition) is 1. The summed E-state index contributed by atoms with van der Waals surface area (Å²) in [5, 5.41) is 12.6. The molecule has 1 amide bonds. The molecule has 4 rings (SSSR count). The fourth-order valence-corrected chi connectivity index (χ4v) is 4.75.